The predicted molar refractivity (Wildman–Crippen MR) is 76.3 cm³/mol. The Balaban J connectivity index is 2.66. The van der Waals surface area contributed by atoms with Crippen molar-refractivity contribution in [1.29, 1.82) is 0 Å². The van der Waals surface area contributed by atoms with Gasteiger partial charge in [-0.25, -0.2) is 0 Å². The molecule has 0 fully saturated rings. The molecule has 0 bridgehead atoms. The molecular formula is C13H23N5O. The molecule has 6 nitrogen and oxygen atoms in total. The number of hydrogen-bond acceptors (Lipinski definition) is 5. The van der Waals surface area contributed by atoms with Crippen LogP contribution in [0.2, 0.25) is 0 Å². The molecule has 0 aliphatic rings. The predicted octanol–water partition coefficient (Wildman–Crippen LogP) is 0.930. The van der Waals surface area contributed by atoms with Crippen molar-refractivity contribution in [2.75, 3.05) is 40.1 Å². The summed E-state index contributed by atoms with van der Waals surface area (Å²) >= 11 is 0. The van der Waals surface area contributed by atoms with E-state index in [4.69, 9.17) is 0 Å². The molecule has 0 radical (unpaired) electrons. The van der Waals surface area contributed by atoms with E-state index >= 15 is 0 Å². The van der Waals surface area contributed by atoms with Crippen LogP contribution in [0.3, 0.4) is 0 Å². The number of nitrogens with zero attached hydrogens (tertiary/aromatic N) is 4. The molecule has 1 aromatic heterocycles. The van der Waals surface area contributed by atoms with Crippen molar-refractivity contribution in [2.24, 2.45) is 0 Å². The summed E-state index contributed by atoms with van der Waals surface area (Å²) in [6, 6.07) is 3.45. The van der Waals surface area contributed by atoms with Crippen LogP contribution in [0.25, 0.3) is 0 Å². The maximum Gasteiger partial charge on any atom is 0.273 e. The molecule has 0 saturated carbocycles. The Morgan fingerprint density at radius 2 is 1.84 bits per heavy atom. The lowest BCUT2D eigenvalue weighted by atomic mass is 10.0. The lowest BCUT2D eigenvalue weighted by molar-refractivity contribution is 0.0821. The van der Waals surface area contributed by atoms with E-state index in [0.717, 1.165) is 6.54 Å². The Kier molecular flexibility index (Phi) is 4.83. The Bertz CT molecular complexity index is 425. The van der Waals surface area contributed by atoms with E-state index in [1.165, 1.54) is 4.90 Å². The molecule has 1 N–H and O–H groups in total. The third kappa shape index (κ3) is 4.17. The summed E-state index contributed by atoms with van der Waals surface area (Å²) in [6.45, 7) is 5.02. The normalized spacial score (nSPS) is 11.5. The molecule has 6 heteroatoms. The summed E-state index contributed by atoms with van der Waals surface area (Å²) in [5, 5.41) is 11.2. The molecular weight excluding hydrogens is 242 g/mol. The highest BCUT2D eigenvalue weighted by atomic mass is 16.2. The van der Waals surface area contributed by atoms with Crippen LogP contribution in [0, 0.1) is 0 Å². The first-order valence-electron chi connectivity index (χ1n) is 6.21. The van der Waals surface area contributed by atoms with Crippen molar-refractivity contribution in [1.82, 2.24) is 20.0 Å². The lowest BCUT2D eigenvalue weighted by Gasteiger charge is -2.32. The first-order chi connectivity index (χ1) is 8.74. The molecule has 0 atom stereocenters. The number of carbonyl (C=O) groups excluding carboxylic acids is 1. The van der Waals surface area contributed by atoms with Crippen molar-refractivity contribution in [3.8, 4) is 0 Å². The third-order valence-corrected chi connectivity index (χ3v) is 3.20. The first kappa shape index (κ1) is 15.4. The minimum atomic E-state index is -0.146. The largest absolute Gasteiger partial charge is 0.367 e. The molecule has 0 unspecified atom stereocenters. The van der Waals surface area contributed by atoms with Crippen LogP contribution >= 0.6 is 0 Å². The maximum atomic E-state index is 11.7. The van der Waals surface area contributed by atoms with Crippen LogP contribution in [0.15, 0.2) is 12.1 Å². The summed E-state index contributed by atoms with van der Waals surface area (Å²) in [5.41, 5.74) is 0.363. The zero-order valence-electron chi connectivity index (χ0n) is 12.6. The molecule has 0 aromatic carbocycles. The highest BCUT2D eigenvalue weighted by Crippen LogP contribution is 2.11. The van der Waals surface area contributed by atoms with Crippen LogP contribution in [-0.2, 0) is 0 Å². The van der Waals surface area contributed by atoms with Gasteiger partial charge in [-0.05, 0) is 40.1 Å². The van der Waals surface area contributed by atoms with E-state index in [1.54, 1.807) is 26.2 Å². The van der Waals surface area contributed by atoms with E-state index < -0.39 is 0 Å². The van der Waals surface area contributed by atoms with E-state index in [1.807, 2.05) is 14.1 Å². The van der Waals surface area contributed by atoms with Gasteiger partial charge < -0.3 is 15.1 Å². The van der Waals surface area contributed by atoms with Crippen molar-refractivity contribution < 1.29 is 4.79 Å². The number of aromatic nitrogens is 2. The smallest absolute Gasteiger partial charge is 0.273 e. The molecule has 0 aliphatic carbocycles. The van der Waals surface area contributed by atoms with Crippen LogP contribution in [0.1, 0.15) is 24.3 Å². The van der Waals surface area contributed by atoms with Gasteiger partial charge in [-0.3, -0.25) is 4.79 Å². The molecule has 1 amide bonds. The highest BCUT2D eigenvalue weighted by Gasteiger charge is 2.20. The second-order valence-electron chi connectivity index (χ2n) is 5.56. The van der Waals surface area contributed by atoms with E-state index in [0.29, 0.717) is 11.5 Å². The highest BCUT2D eigenvalue weighted by molar-refractivity contribution is 5.91. The number of carbonyl (C=O) groups is 1. The number of anilines is 1. The fourth-order valence-corrected chi connectivity index (χ4v) is 1.23. The topological polar surface area (TPSA) is 61.4 Å². The van der Waals surface area contributed by atoms with Gasteiger partial charge in [0, 0.05) is 26.2 Å². The standard InChI is InChI=1S/C13H23N5O/c1-13(2,18(5)6)9-14-11-8-7-10(15-16-11)12(19)17(3)4/h7-8H,9H2,1-6H3,(H,14,16). The Morgan fingerprint density at radius 1 is 1.21 bits per heavy atom. The second kappa shape index (κ2) is 5.97. The number of likely N-dealkylation sites (N-methyl/N-ethyl adjacent to an activating group) is 1. The maximum absolute atomic E-state index is 11.7. The zero-order valence-corrected chi connectivity index (χ0v) is 12.6. The Morgan fingerprint density at radius 3 is 2.26 bits per heavy atom. The number of hydrogen-bond donors (Lipinski definition) is 1. The number of nitrogens with one attached hydrogen (secondary N) is 1. The van der Waals surface area contributed by atoms with Gasteiger partial charge in [0.1, 0.15) is 5.82 Å². The summed E-state index contributed by atoms with van der Waals surface area (Å²) in [7, 11) is 7.45. The van der Waals surface area contributed by atoms with Gasteiger partial charge in [0.2, 0.25) is 0 Å². The van der Waals surface area contributed by atoms with Crippen LogP contribution < -0.4 is 5.32 Å². The van der Waals surface area contributed by atoms with E-state index in [-0.39, 0.29) is 11.4 Å². The van der Waals surface area contributed by atoms with Crippen molar-refractivity contribution in [3.05, 3.63) is 17.8 Å². The summed E-state index contributed by atoms with van der Waals surface area (Å²) in [4.78, 5) is 15.3. The van der Waals surface area contributed by atoms with Crippen LogP contribution in [0.4, 0.5) is 5.82 Å². The zero-order chi connectivity index (χ0) is 14.6. The first-order valence-corrected chi connectivity index (χ1v) is 6.21. The minimum absolute atomic E-state index is 0.0137. The fraction of sp³-hybridized carbons (Fsp3) is 0.615. The van der Waals surface area contributed by atoms with Gasteiger partial charge in [-0.15, -0.1) is 10.2 Å². The molecule has 19 heavy (non-hydrogen) atoms. The second-order valence-corrected chi connectivity index (χ2v) is 5.56. The Hall–Kier alpha value is -1.69. The average molecular weight is 265 g/mol. The van der Waals surface area contributed by atoms with Crippen molar-refractivity contribution >= 4 is 11.7 Å². The van der Waals surface area contributed by atoms with Crippen molar-refractivity contribution in [2.45, 2.75) is 19.4 Å². The van der Waals surface area contributed by atoms with Gasteiger partial charge in [-0.1, -0.05) is 0 Å². The quantitative estimate of drug-likeness (QED) is 0.858. The third-order valence-electron chi connectivity index (χ3n) is 3.20. The monoisotopic (exact) mass is 265 g/mol. The SMILES string of the molecule is CN(C)C(=O)c1ccc(NCC(C)(C)N(C)C)nn1. The van der Waals surface area contributed by atoms with Crippen LogP contribution in [0.5, 0.6) is 0 Å². The minimum Gasteiger partial charge on any atom is -0.367 e. The molecule has 106 valence electrons. The van der Waals surface area contributed by atoms with Gasteiger partial charge in [-0.2, -0.15) is 0 Å². The molecule has 0 spiro atoms. The van der Waals surface area contributed by atoms with Crippen LogP contribution in [-0.4, -0.2) is 66.2 Å². The summed E-state index contributed by atoms with van der Waals surface area (Å²) < 4.78 is 0. The average Bonchev–Trinajstić information content (AvgIpc) is 2.36. The molecule has 1 rings (SSSR count). The summed E-state index contributed by atoms with van der Waals surface area (Å²) in [5.74, 6) is 0.526. The Labute approximate surface area is 114 Å². The van der Waals surface area contributed by atoms with E-state index in [2.05, 4.69) is 34.3 Å². The summed E-state index contributed by atoms with van der Waals surface area (Å²) in [6.07, 6.45) is 0. The van der Waals surface area contributed by atoms with Gasteiger partial charge in [0.05, 0.1) is 0 Å². The van der Waals surface area contributed by atoms with Crippen molar-refractivity contribution in [3.63, 3.8) is 0 Å². The molecule has 0 saturated heterocycles. The fourth-order valence-electron chi connectivity index (χ4n) is 1.23. The van der Waals surface area contributed by atoms with Gasteiger partial charge >= 0.3 is 0 Å². The molecule has 1 aromatic rings. The van der Waals surface area contributed by atoms with E-state index in [9.17, 15) is 4.79 Å². The number of amides is 1. The molecule has 1 heterocycles. The lowest BCUT2D eigenvalue weighted by Crippen LogP contribution is -2.44. The number of rotatable bonds is 5. The van der Waals surface area contributed by atoms with Gasteiger partial charge in [0.15, 0.2) is 5.69 Å². The molecule has 0 aliphatic heterocycles. The van der Waals surface area contributed by atoms with Gasteiger partial charge in [0.25, 0.3) is 5.91 Å².